The summed E-state index contributed by atoms with van der Waals surface area (Å²) >= 11 is 0. The monoisotopic (exact) mass is 340 g/mol. The predicted octanol–water partition coefficient (Wildman–Crippen LogP) is 3.30. The largest absolute Gasteiger partial charge is 0.342 e. The van der Waals surface area contributed by atoms with E-state index in [-0.39, 0.29) is 5.75 Å². The van der Waals surface area contributed by atoms with Crippen molar-refractivity contribution in [2.24, 2.45) is 0 Å². The first kappa shape index (κ1) is 15.4. The molecule has 0 bridgehead atoms. The molecule has 0 N–H and O–H groups in total. The maximum Gasteiger partial charge on any atom is 0.218 e. The van der Waals surface area contributed by atoms with Gasteiger partial charge in [-0.05, 0) is 35.6 Å². The molecule has 5 heteroatoms. The SMILES string of the molecule is Cc1ccccc1CS(=O)(=O)N1CCn2c(cc3ccccc32)C1. The van der Waals surface area contributed by atoms with E-state index in [0.29, 0.717) is 19.6 Å². The minimum atomic E-state index is -3.32. The van der Waals surface area contributed by atoms with Gasteiger partial charge in [0.15, 0.2) is 0 Å². The zero-order valence-electron chi connectivity index (χ0n) is 13.6. The van der Waals surface area contributed by atoms with Crippen LogP contribution < -0.4 is 0 Å². The molecule has 0 amide bonds. The van der Waals surface area contributed by atoms with Crippen molar-refractivity contribution in [3.63, 3.8) is 0 Å². The lowest BCUT2D eigenvalue weighted by molar-refractivity contribution is 0.345. The fourth-order valence-corrected chi connectivity index (χ4v) is 5.02. The second-order valence-corrected chi connectivity index (χ2v) is 8.33. The van der Waals surface area contributed by atoms with Crippen LogP contribution in [0.4, 0.5) is 0 Å². The molecule has 0 radical (unpaired) electrons. The van der Waals surface area contributed by atoms with E-state index < -0.39 is 10.0 Å². The standard InChI is InChI=1S/C19H20N2O2S/c1-15-6-2-3-8-17(15)14-24(22,23)20-10-11-21-18(13-20)12-16-7-4-5-9-19(16)21/h2-9,12H,10-11,13-14H2,1H3. The molecule has 1 aliphatic rings. The number of nitrogens with zero attached hydrogens (tertiary/aromatic N) is 2. The third-order valence-electron chi connectivity index (χ3n) is 4.80. The van der Waals surface area contributed by atoms with Gasteiger partial charge >= 0.3 is 0 Å². The Balaban J connectivity index is 1.63. The van der Waals surface area contributed by atoms with E-state index in [9.17, 15) is 8.42 Å². The average molecular weight is 340 g/mol. The molecule has 3 aromatic rings. The van der Waals surface area contributed by atoms with Gasteiger partial charge in [0, 0.05) is 24.3 Å². The highest BCUT2D eigenvalue weighted by Crippen LogP contribution is 2.26. The van der Waals surface area contributed by atoms with Crippen LogP contribution in [-0.2, 0) is 28.9 Å². The highest BCUT2D eigenvalue weighted by Gasteiger charge is 2.28. The normalized spacial score (nSPS) is 15.5. The van der Waals surface area contributed by atoms with Crippen LogP contribution in [0.3, 0.4) is 0 Å². The number of aryl methyl sites for hydroxylation is 1. The number of fused-ring (bicyclic) bond motifs is 3. The summed E-state index contributed by atoms with van der Waals surface area (Å²) in [4.78, 5) is 0. The Morgan fingerprint density at radius 3 is 2.58 bits per heavy atom. The average Bonchev–Trinajstić information content (AvgIpc) is 2.94. The van der Waals surface area contributed by atoms with Crippen molar-refractivity contribution in [2.45, 2.75) is 25.8 Å². The summed E-state index contributed by atoms with van der Waals surface area (Å²) in [6.07, 6.45) is 0. The van der Waals surface area contributed by atoms with Gasteiger partial charge in [0.05, 0.1) is 12.3 Å². The van der Waals surface area contributed by atoms with E-state index in [0.717, 1.165) is 16.8 Å². The van der Waals surface area contributed by atoms with E-state index in [1.165, 1.54) is 10.9 Å². The van der Waals surface area contributed by atoms with Crippen molar-refractivity contribution in [3.05, 3.63) is 71.4 Å². The summed E-state index contributed by atoms with van der Waals surface area (Å²) in [5.41, 5.74) is 4.15. The van der Waals surface area contributed by atoms with Gasteiger partial charge in [0.25, 0.3) is 0 Å². The quantitative estimate of drug-likeness (QED) is 0.734. The van der Waals surface area contributed by atoms with Gasteiger partial charge in [0.1, 0.15) is 0 Å². The number of hydrogen-bond acceptors (Lipinski definition) is 2. The first-order valence-electron chi connectivity index (χ1n) is 8.14. The van der Waals surface area contributed by atoms with E-state index in [2.05, 4.69) is 22.8 Å². The summed E-state index contributed by atoms with van der Waals surface area (Å²) < 4.78 is 29.5. The van der Waals surface area contributed by atoms with E-state index in [1.807, 2.05) is 43.3 Å². The lowest BCUT2D eigenvalue weighted by atomic mass is 10.1. The van der Waals surface area contributed by atoms with Crippen LogP contribution in [0.5, 0.6) is 0 Å². The molecule has 0 aliphatic carbocycles. The zero-order chi connectivity index (χ0) is 16.7. The number of rotatable bonds is 3. The summed E-state index contributed by atoms with van der Waals surface area (Å²) in [6.45, 7) is 3.64. The molecule has 0 saturated carbocycles. The van der Waals surface area contributed by atoms with Crippen molar-refractivity contribution in [1.82, 2.24) is 8.87 Å². The van der Waals surface area contributed by atoms with Crippen LogP contribution in [-0.4, -0.2) is 23.8 Å². The molecule has 24 heavy (non-hydrogen) atoms. The maximum absolute atomic E-state index is 12.8. The summed E-state index contributed by atoms with van der Waals surface area (Å²) in [7, 11) is -3.32. The molecule has 2 aromatic carbocycles. The van der Waals surface area contributed by atoms with Crippen LogP contribution >= 0.6 is 0 Å². The van der Waals surface area contributed by atoms with Gasteiger partial charge in [0.2, 0.25) is 10.0 Å². The van der Waals surface area contributed by atoms with Crippen molar-refractivity contribution in [2.75, 3.05) is 6.54 Å². The van der Waals surface area contributed by atoms with Crippen molar-refractivity contribution >= 4 is 20.9 Å². The molecule has 4 rings (SSSR count). The predicted molar refractivity (Wildman–Crippen MR) is 96.2 cm³/mol. The van der Waals surface area contributed by atoms with Crippen molar-refractivity contribution < 1.29 is 8.42 Å². The third-order valence-corrected chi connectivity index (χ3v) is 6.57. The number of para-hydroxylation sites is 1. The minimum Gasteiger partial charge on any atom is -0.342 e. The number of benzene rings is 2. The Morgan fingerprint density at radius 2 is 1.75 bits per heavy atom. The van der Waals surface area contributed by atoms with E-state index >= 15 is 0 Å². The van der Waals surface area contributed by atoms with Gasteiger partial charge < -0.3 is 4.57 Å². The summed E-state index contributed by atoms with van der Waals surface area (Å²) in [5.74, 6) is 0.0693. The number of aromatic nitrogens is 1. The molecule has 1 aromatic heterocycles. The first-order valence-corrected chi connectivity index (χ1v) is 9.75. The summed E-state index contributed by atoms with van der Waals surface area (Å²) in [6, 6.07) is 18.0. The van der Waals surface area contributed by atoms with Crippen LogP contribution in [0.25, 0.3) is 10.9 Å². The smallest absolute Gasteiger partial charge is 0.218 e. The van der Waals surface area contributed by atoms with Crippen LogP contribution in [0.2, 0.25) is 0 Å². The molecule has 124 valence electrons. The molecule has 2 heterocycles. The molecular weight excluding hydrogens is 320 g/mol. The van der Waals surface area contributed by atoms with E-state index in [4.69, 9.17) is 0 Å². The lowest BCUT2D eigenvalue weighted by Crippen LogP contribution is -2.38. The minimum absolute atomic E-state index is 0.0693. The van der Waals surface area contributed by atoms with Gasteiger partial charge in [-0.25, -0.2) is 8.42 Å². The maximum atomic E-state index is 12.8. The topological polar surface area (TPSA) is 42.3 Å². The van der Waals surface area contributed by atoms with Gasteiger partial charge in [-0.15, -0.1) is 0 Å². The Hall–Kier alpha value is -2.11. The molecule has 0 unspecified atom stereocenters. The highest BCUT2D eigenvalue weighted by molar-refractivity contribution is 7.88. The molecule has 0 fully saturated rings. The zero-order valence-corrected chi connectivity index (χ0v) is 14.5. The Morgan fingerprint density at radius 1 is 1.00 bits per heavy atom. The van der Waals surface area contributed by atoms with Gasteiger partial charge in [-0.1, -0.05) is 42.5 Å². The van der Waals surface area contributed by atoms with Crippen LogP contribution in [0.1, 0.15) is 16.8 Å². The van der Waals surface area contributed by atoms with Gasteiger partial charge in [-0.3, -0.25) is 0 Å². The van der Waals surface area contributed by atoms with E-state index in [1.54, 1.807) is 4.31 Å². The second kappa shape index (κ2) is 5.76. The molecule has 4 nitrogen and oxygen atoms in total. The van der Waals surface area contributed by atoms with Crippen LogP contribution in [0, 0.1) is 6.92 Å². The molecule has 0 saturated heterocycles. The molecular formula is C19H20N2O2S. The Labute approximate surface area is 142 Å². The summed E-state index contributed by atoms with van der Waals surface area (Å²) in [5, 5.41) is 1.17. The molecule has 1 aliphatic heterocycles. The highest BCUT2D eigenvalue weighted by atomic mass is 32.2. The Kier molecular flexibility index (Phi) is 3.70. The number of sulfonamides is 1. The van der Waals surface area contributed by atoms with Gasteiger partial charge in [-0.2, -0.15) is 4.31 Å². The second-order valence-electron chi connectivity index (χ2n) is 6.36. The number of hydrogen-bond donors (Lipinski definition) is 0. The molecule has 0 spiro atoms. The molecule has 0 atom stereocenters. The van der Waals surface area contributed by atoms with Crippen molar-refractivity contribution in [3.8, 4) is 0 Å². The third kappa shape index (κ3) is 2.64. The van der Waals surface area contributed by atoms with Crippen molar-refractivity contribution in [1.29, 1.82) is 0 Å². The fraction of sp³-hybridized carbons (Fsp3) is 0.263. The fourth-order valence-electron chi connectivity index (χ4n) is 3.43. The Bertz CT molecular complexity index is 1010. The lowest BCUT2D eigenvalue weighted by Gasteiger charge is -2.28. The first-order chi connectivity index (χ1) is 11.5. The van der Waals surface area contributed by atoms with Crippen LogP contribution in [0.15, 0.2) is 54.6 Å².